The number of carbonyl (C=O) groups is 1. The summed E-state index contributed by atoms with van der Waals surface area (Å²) in [6.45, 7) is 0. The van der Waals surface area contributed by atoms with Crippen molar-refractivity contribution in [3.05, 3.63) is 45.9 Å². The minimum Gasteiger partial charge on any atom is -0.353 e. The van der Waals surface area contributed by atoms with E-state index in [1.54, 1.807) is 0 Å². The predicted octanol–water partition coefficient (Wildman–Crippen LogP) is 2.49. The summed E-state index contributed by atoms with van der Waals surface area (Å²) in [5.74, 6) is -2.08. The van der Waals surface area contributed by atoms with E-state index in [0.29, 0.717) is 0 Å². The normalized spacial score (nSPS) is 15.0. The molecule has 2 aromatic rings. The minimum absolute atomic E-state index is 0.0457. The van der Waals surface area contributed by atoms with Gasteiger partial charge in [-0.1, -0.05) is 19.3 Å². The van der Waals surface area contributed by atoms with Crippen LogP contribution in [0.1, 0.15) is 44.2 Å². The quantitative estimate of drug-likeness (QED) is 0.855. The van der Waals surface area contributed by atoms with Crippen molar-refractivity contribution in [3.63, 3.8) is 0 Å². The highest BCUT2D eigenvalue weighted by Crippen LogP contribution is 2.18. The van der Waals surface area contributed by atoms with Crippen molar-refractivity contribution in [3.8, 4) is 11.4 Å². The van der Waals surface area contributed by atoms with Crippen LogP contribution in [0.15, 0.2) is 23.0 Å². The van der Waals surface area contributed by atoms with E-state index in [1.807, 2.05) is 0 Å². The fraction of sp³-hybridized carbons (Fsp3) is 0.444. The van der Waals surface area contributed by atoms with Crippen LogP contribution < -0.4 is 10.9 Å². The van der Waals surface area contributed by atoms with Crippen molar-refractivity contribution in [1.82, 2.24) is 20.5 Å². The summed E-state index contributed by atoms with van der Waals surface area (Å²) in [4.78, 5) is 26.6. The Morgan fingerprint density at radius 3 is 2.62 bits per heavy atom. The molecule has 1 aromatic heterocycles. The second-order valence-electron chi connectivity index (χ2n) is 6.48. The van der Waals surface area contributed by atoms with Gasteiger partial charge in [-0.05, 0) is 31.0 Å². The Hall–Kier alpha value is -2.64. The second-order valence-corrected chi connectivity index (χ2v) is 6.48. The van der Waals surface area contributed by atoms with E-state index in [2.05, 4.69) is 20.5 Å². The number of amides is 1. The molecule has 0 unspecified atom stereocenters. The van der Waals surface area contributed by atoms with Crippen LogP contribution in [0.3, 0.4) is 0 Å². The SMILES string of the molecule is O=C(CCc1nnc(-c2ccc(F)c(F)c2)[nH]c1=O)NC1CCCCC1. The zero-order chi connectivity index (χ0) is 18.5. The maximum absolute atomic E-state index is 13.3. The van der Waals surface area contributed by atoms with Crippen molar-refractivity contribution < 1.29 is 13.6 Å². The first kappa shape index (κ1) is 18.2. The number of nitrogens with zero attached hydrogens (tertiary/aromatic N) is 2. The smallest absolute Gasteiger partial charge is 0.273 e. The molecular formula is C18H20F2N4O2. The third-order valence-electron chi connectivity index (χ3n) is 4.52. The summed E-state index contributed by atoms with van der Waals surface area (Å²) < 4.78 is 26.3. The van der Waals surface area contributed by atoms with Crippen LogP contribution in [0.4, 0.5) is 8.78 Å². The van der Waals surface area contributed by atoms with Crippen LogP contribution >= 0.6 is 0 Å². The molecule has 1 amide bonds. The Balaban J connectivity index is 1.61. The fourth-order valence-corrected chi connectivity index (χ4v) is 3.08. The highest BCUT2D eigenvalue weighted by Gasteiger charge is 2.16. The molecule has 0 aliphatic heterocycles. The average Bonchev–Trinajstić information content (AvgIpc) is 2.64. The molecular weight excluding hydrogens is 342 g/mol. The highest BCUT2D eigenvalue weighted by molar-refractivity contribution is 5.76. The first-order valence-corrected chi connectivity index (χ1v) is 8.73. The third-order valence-corrected chi connectivity index (χ3v) is 4.52. The third kappa shape index (κ3) is 4.50. The van der Waals surface area contributed by atoms with Gasteiger partial charge in [-0.3, -0.25) is 9.59 Å². The van der Waals surface area contributed by atoms with Crippen LogP contribution in [0, 0.1) is 11.6 Å². The number of aromatic nitrogens is 3. The molecule has 1 saturated carbocycles. The zero-order valence-electron chi connectivity index (χ0n) is 14.2. The Bertz CT molecular complexity index is 847. The molecule has 0 atom stereocenters. The lowest BCUT2D eigenvalue weighted by molar-refractivity contribution is -0.122. The number of H-pyrrole nitrogens is 1. The number of nitrogens with one attached hydrogen (secondary N) is 2. The molecule has 6 nitrogen and oxygen atoms in total. The number of hydrogen-bond donors (Lipinski definition) is 2. The van der Waals surface area contributed by atoms with E-state index in [4.69, 9.17) is 0 Å². The van der Waals surface area contributed by atoms with Crippen LogP contribution in [0.2, 0.25) is 0 Å². The minimum atomic E-state index is -1.03. The summed E-state index contributed by atoms with van der Waals surface area (Å²) in [5.41, 5.74) is -0.143. The summed E-state index contributed by atoms with van der Waals surface area (Å²) in [5, 5.41) is 10.7. The predicted molar refractivity (Wildman–Crippen MR) is 91.3 cm³/mol. The topological polar surface area (TPSA) is 87.7 Å². The van der Waals surface area contributed by atoms with Crippen molar-refractivity contribution in [2.45, 2.75) is 51.0 Å². The van der Waals surface area contributed by atoms with Gasteiger partial charge in [-0.25, -0.2) is 8.78 Å². The van der Waals surface area contributed by atoms with Crippen LogP contribution in [-0.2, 0) is 11.2 Å². The van der Waals surface area contributed by atoms with E-state index >= 15 is 0 Å². The van der Waals surface area contributed by atoms with Crippen molar-refractivity contribution >= 4 is 5.91 Å². The van der Waals surface area contributed by atoms with Crippen LogP contribution in [0.25, 0.3) is 11.4 Å². The maximum Gasteiger partial charge on any atom is 0.273 e. The van der Waals surface area contributed by atoms with Gasteiger partial charge < -0.3 is 10.3 Å². The molecule has 1 aliphatic carbocycles. The van der Waals surface area contributed by atoms with E-state index in [0.717, 1.165) is 37.8 Å². The van der Waals surface area contributed by atoms with Gasteiger partial charge in [0.15, 0.2) is 17.5 Å². The van der Waals surface area contributed by atoms with Crippen molar-refractivity contribution in [2.24, 2.45) is 0 Å². The number of aryl methyl sites for hydroxylation is 1. The molecule has 1 heterocycles. The molecule has 1 fully saturated rings. The van der Waals surface area contributed by atoms with Gasteiger partial charge in [-0.15, -0.1) is 10.2 Å². The fourth-order valence-electron chi connectivity index (χ4n) is 3.08. The molecule has 1 aromatic carbocycles. The molecule has 0 spiro atoms. The Kier molecular flexibility index (Phi) is 5.70. The summed E-state index contributed by atoms with van der Waals surface area (Å²) in [6, 6.07) is 3.41. The first-order chi connectivity index (χ1) is 12.5. The van der Waals surface area contributed by atoms with Gasteiger partial charge >= 0.3 is 0 Å². The van der Waals surface area contributed by atoms with Crippen LogP contribution in [0.5, 0.6) is 0 Å². The second kappa shape index (κ2) is 8.16. The van der Waals surface area contributed by atoms with E-state index in [1.165, 1.54) is 12.5 Å². The van der Waals surface area contributed by atoms with Gasteiger partial charge in [0.05, 0.1) is 0 Å². The molecule has 0 bridgehead atoms. The van der Waals surface area contributed by atoms with Gasteiger partial charge in [0.2, 0.25) is 5.91 Å². The van der Waals surface area contributed by atoms with Gasteiger partial charge in [0.1, 0.15) is 5.69 Å². The summed E-state index contributed by atoms with van der Waals surface area (Å²) in [7, 11) is 0. The van der Waals surface area contributed by atoms with Crippen molar-refractivity contribution in [1.29, 1.82) is 0 Å². The van der Waals surface area contributed by atoms with Gasteiger partial charge in [0, 0.05) is 24.4 Å². The molecule has 2 N–H and O–H groups in total. The molecule has 26 heavy (non-hydrogen) atoms. The standard InChI is InChI=1S/C18H20F2N4O2/c19-13-7-6-11(10-14(13)20)17-22-18(26)15(23-24-17)8-9-16(25)21-12-4-2-1-3-5-12/h6-7,10,12H,1-5,8-9H2,(H,21,25)(H,22,24,26). The summed E-state index contributed by atoms with van der Waals surface area (Å²) in [6.07, 6.45) is 5.77. The Labute approximate surface area is 149 Å². The molecule has 0 saturated heterocycles. The molecule has 0 radical (unpaired) electrons. The number of rotatable bonds is 5. The number of hydrogen-bond acceptors (Lipinski definition) is 4. The first-order valence-electron chi connectivity index (χ1n) is 8.73. The highest BCUT2D eigenvalue weighted by atomic mass is 19.2. The lowest BCUT2D eigenvalue weighted by Crippen LogP contribution is -2.36. The number of halogens is 2. The number of benzene rings is 1. The van der Waals surface area contributed by atoms with E-state index in [9.17, 15) is 18.4 Å². The van der Waals surface area contributed by atoms with E-state index in [-0.39, 0.29) is 41.9 Å². The molecule has 138 valence electrons. The van der Waals surface area contributed by atoms with Crippen molar-refractivity contribution in [2.75, 3.05) is 0 Å². The molecule has 8 heteroatoms. The molecule has 3 rings (SSSR count). The largest absolute Gasteiger partial charge is 0.353 e. The Morgan fingerprint density at radius 2 is 1.92 bits per heavy atom. The molecule has 1 aliphatic rings. The Morgan fingerprint density at radius 1 is 1.15 bits per heavy atom. The monoisotopic (exact) mass is 362 g/mol. The van der Waals surface area contributed by atoms with Gasteiger partial charge in [0.25, 0.3) is 5.56 Å². The van der Waals surface area contributed by atoms with Crippen LogP contribution in [-0.4, -0.2) is 27.1 Å². The van der Waals surface area contributed by atoms with Gasteiger partial charge in [-0.2, -0.15) is 0 Å². The maximum atomic E-state index is 13.3. The zero-order valence-corrected chi connectivity index (χ0v) is 14.2. The lowest BCUT2D eigenvalue weighted by Gasteiger charge is -2.22. The number of carbonyl (C=O) groups excluding carboxylic acids is 1. The lowest BCUT2D eigenvalue weighted by atomic mass is 9.95. The summed E-state index contributed by atoms with van der Waals surface area (Å²) >= 11 is 0. The van der Waals surface area contributed by atoms with E-state index < -0.39 is 17.2 Å². The number of aromatic amines is 1. The average molecular weight is 362 g/mol.